The van der Waals surface area contributed by atoms with Crippen LogP contribution in [-0.4, -0.2) is 0 Å². The Balaban J connectivity index is 1.99. The average molecular weight is 393 g/mol. The lowest BCUT2D eigenvalue weighted by Gasteiger charge is -2.14. The van der Waals surface area contributed by atoms with Crippen molar-refractivity contribution in [2.45, 2.75) is 19.5 Å². The van der Waals surface area contributed by atoms with E-state index in [9.17, 15) is 4.39 Å². The first-order chi connectivity index (χ1) is 8.56. The predicted octanol–water partition coefficient (Wildman–Crippen LogP) is 5.26. The molecule has 0 aliphatic heterocycles. The minimum absolute atomic E-state index is 0.183. The van der Waals surface area contributed by atoms with Crippen LogP contribution in [0.25, 0.3) is 0 Å². The molecule has 1 N–H and O–H groups in total. The second-order valence-corrected chi connectivity index (χ2v) is 6.77. The lowest BCUT2D eigenvalue weighted by Crippen LogP contribution is -2.17. The fourth-order valence-corrected chi connectivity index (χ4v) is 3.40. The summed E-state index contributed by atoms with van der Waals surface area (Å²) in [6.45, 7) is 2.88. The first kappa shape index (κ1) is 14.2. The maximum Gasteiger partial charge on any atom is 0.137 e. The molecule has 0 radical (unpaired) electrons. The van der Waals surface area contributed by atoms with Gasteiger partial charge in [0, 0.05) is 27.3 Å². The number of hydrogen-bond donors (Lipinski definition) is 1. The molecule has 0 bridgehead atoms. The van der Waals surface area contributed by atoms with Crippen molar-refractivity contribution in [3.8, 4) is 0 Å². The molecular weight excluding hydrogens is 381 g/mol. The Bertz CT molecular complexity index is 542. The molecule has 2 rings (SSSR count). The lowest BCUT2D eigenvalue weighted by molar-refractivity contribution is 0.573. The van der Waals surface area contributed by atoms with Gasteiger partial charge in [-0.05, 0) is 62.5 Å². The molecule has 1 unspecified atom stereocenters. The molecule has 0 fully saturated rings. The molecule has 1 heterocycles. The van der Waals surface area contributed by atoms with Crippen LogP contribution in [0.15, 0.2) is 38.6 Å². The normalized spacial score (nSPS) is 12.7. The SMILES string of the molecule is CC(NCc1cc(Br)cs1)c1ccc(F)c(Br)c1. The summed E-state index contributed by atoms with van der Waals surface area (Å²) in [6, 6.07) is 7.40. The number of thiophene rings is 1. The van der Waals surface area contributed by atoms with E-state index in [4.69, 9.17) is 0 Å². The van der Waals surface area contributed by atoms with Crippen LogP contribution in [0.1, 0.15) is 23.4 Å². The van der Waals surface area contributed by atoms with Gasteiger partial charge in [0.25, 0.3) is 0 Å². The monoisotopic (exact) mass is 391 g/mol. The van der Waals surface area contributed by atoms with Crippen molar-refractivity contribution >= 4 is 43.2 Å². The Labute approximate surface area is 127 Å². The maximum absolute atomic E-state index is 13.1. The number of benzene rings is 1. The second-order valence-electron chi connectivity index (χ2n) is 4.01. The molecular formula is C13H12Br2FNS. The van der Waals surface area contributed by atoms with Crippen LogP contribution in [0.5, 0.6) is 0 Å². The quantitative estimate of drug-likeness (QED) is 0.747. The molecule has 0 amide bonds. The summed E-state index contributed by atoms with van der Waals surface area (Å²) >= 11 is 8.36. The highest BCUT2D eigenvalue weighted by atomic mass is 79.9. The molecule has 0 saturated carbocycles. The van der Waals surface area contributed by atoms with Gasteiger partial charge >= 0.3 is 0 Å². The largest absolute Gasteiger partial charge is 0.305 e. The van der Waals surface area contributed by atoms with E-state index in [0.717, 1.165) is 16.6 Å². The minimum Gasteiger partial charge on any atom is -0.305 e. The molecule has 0 spiro atoms. The highest BCUT2D eigenvalue weighted by molar-refractivity contribution is 9.10. The van der Waals surface area contributed by atoms with E-state index in [0.29, 0.717) is 4.47 Å². The summed E-state index contributed by atoms with van der Waals surface area (Å²) in [6.07, 6.45) is 0. The molecule has 96 valence electrons. The Morgan fingerprint density at radius 1 is 1.33 bits per heavy atom. The summed E-state index contributed by atoms with van der Waals surface area (Å²) in [5.41, 5.74) is 1.07. The zero-order valence-corrected chi connectivity index (χ0v) is 13.7. The van der Waals surface area contributed by atoms with E-state index >= 15 is 0 Å². The highest BCUT2D eigenvalue weighted by Gasteiger charge is 2.08. The Kier molecular flexibility index (Phi) is 4.95. The van der Waals surface area contributed by atoms with Gasteiger partial charge in [-0.15, -0.1) is 11.3 Å². The second kappa shape index (κ2) is 6.28. The summed E-state index contributed by atoms with van der Waals surface area (Å²) in [5.74, 6) is -0.229. The topological polar surface area (TPSA) is 12.0 Å². The van der Waals surface area contributed by atoms with Crippen LogP contribution in [0.2, 0.25) is 0 Å². The number of hydrogen-bond acceptors (Lipinski definition) is 2. The van der Waals surface area contributed by atoms with Crippen molar-refractivity contribution in [2.75, 3.05) is 0 Å². The summed E-state index contributed by atoms with van der Waals surface area (Å²) in [4.78, 5) is 1.27. The van der Waals surface area contributed by atoms with E-state index in [1.165, 1.54) is 10.9 Å². The third kappa shape index (κ3) is 3.63. The van der Waals surface area contributed by atoms with E-state index in [1.807, 2.05) is 12.1 Å². The van der Waals surface area contributed by atoms with Crippen molar-refractivity contribution < 1.29 is 4.39 Å². The molecule has 5 heteroatoms. The van der Waals surface area contributed by atoms with Crippen LogP contribution < -0.4 is 5.32 Å². The average Bonchev–Trinajstić information content (AvgIpc) is 2.75. The first-order valence-corrected chi connectivity index (χ1v) is 7.94. The smallest absolute Gasteiger partial charge is 0.137 e. The fourth-order valence-electron chi connectivity index (χ4n) is 1.60. The van der Waals surface area contributed by atoms with Crippen LogP contribution >= 0.6 is 43.2 Å². The van der Waals surface area contributed by atoms with E-state index in [-0.39, 0.29) is 11.9 Å². The van der Waals surface area contributed by atoms with Crippen molar-refractivity contribution in [1.29, 1.82) is 0 Å². The third-order valence-corrected chi connectivity index (χ3v) is 4.95. The van der Waals surface area contributed by atoms with Gasteiger partial charge in [-0.2, -0.15) is 0 Å². The molecule has 0 saturated heterocycles. The molecule has 0 aliphatic rings. The summed E-state index contributed by atoms with van der Waals surface area (Å²) in [7, 11) is 0. The van der Waals surface area contributed by atoms with E-state index < -0.39 is 0 Å². The lowest BCUT2D eigenvalue weighted by atomic mass is 10.1. The van der Waals surface area contributed by atoms with Gasteiger partial charge < -0.3 is 5.32 Å². The van der Waals surface area contributed by atoms with Gasteiger partial charge in [0.15, 0.2) is 0 Å². The van der Waals surface area contributed by atoms with Crippen molar-refractivity contribution in [3.63, 3.8) is 0 Å². The van der Waals surface area contributed by atoms with Gasteiger partial charge in [0.05, 0.1) is 4.47 Å². The van der Waals surface area contributed by atoms with Crippen LogP contribution in [0.3, 0.4) is 0 Å². The Morgan fingerprint density at radius 2 is 2.11 bits per heavy atom. The molecule has 2 aromatic rings. The Hall–Kier alpha value is -0.230. The van der Waals surface area contributed by atoms with Crippen LogP contribution in [0.4, 0.5) is 4.39 Å². The summed E-state index contributed by atoms with van der Waals surface area (Å²) < 4.78 is 14.8. The minimum atomic E-state index is -0.229. The maximum atomic E-state index is 13.1. The number of nitrogens with one attached hydrogen (secondary N) is 1. The highest BCUT2D eigenvalue weighted by Crippen LogP contribution is 2.23. The molecule has 0 aliphatic carbocycles. The third-order valence-electron chi connectivity index (χ3n) is 2.65. The van der Waals surface area contributed by atoms with Gasteiger partial charge in [0.2, 0.25) is 0 Å². The molecule has 1 aromatic heterocycles. The number of halogens is 3. The molecule has 1 nitrogen and oxygen atoms in total. The van der Waals surface area contributed by atoms with Gasteiger partial charge in [-0.25, -0.2) is 4.39 Å². The van der Waals surface area contributed by atoms with E-state index in [2.05, 4.69) is 55.5 Å². The standard InChI is InChI=1S/C13H12Br2FNS/c1-8(9-2-3-13(16)12(15)4-9)17-6-11-5-10(14)7-18-11/h2-5,7-8,17H,6H2,1H3. The molecule has 18 heavy (non-hydrogen) atoms. The zero-order chi connectivity index (χ0) is 13.1. The van der Waals surface area contributed by atoms with Crippen molar-refractivity contribution in [2.24, 2.45) is 0 Å². The van der Waals surface area contributed by atoms with Crippen molar-refractivity contribution in [3.05, 3.63) is 54.8 Å². The van der Waals surface area contributed by atoms with Crippen LogP contribution in [-0.2, 0) is 6.54 Å². The van der Waals surface area contributed by atoms with Gasteiger partial charge in [0.1, 0.15) is 5.82 Å². The summed E-state index contributed by atoms with van der Waals surface area (Å²) in [5, 5.41) is 5.49. The first-order valence-electron chi connectivity index (χ1n) is 5.47. The fraction of sp³-hybridized carbons (Fsp3) is 0.231. The molecule has 1 aromatic carbocycles. The molecule has 1 atom stereocenters. The zero-order valence-electron chi connectivity index (χ0n) is 9.71. The Morgan fingerprint density at radius 3 is 2.72 bits per heavy atom. The van der Waals surface area contributed by atoms with Gasteiger partial charge in [-0.1, -0.05) is 6.07 Å². The predicted molar refractivity (Wildman–Crippen MR) is 81.4 cm³/mol. The van der Waals surface area contributed by atoms with Crippen LogP contribution in [0, 0.1) is 5.82 Å². The van der Waals surface area contributed by atoms with Crippen molar-refractivity contribution in [1.82, 2.24) is 5.32 Å². The van der Waals surface area contributed by atoms with Gasteiger partial charge in [-0.3, -0.25) is 0 Å². The van der Waals surface area contributed by atoms with E-state index in [1.54, 1.807) is 11.3 Å². The number of rotatable bonds is 4.